The van der Waals surface area contributed by atoms with Crippen molar-refractivity contribution in [1.29, 1.82) is 0 Å². The Hall–Kier alpha value is -2.27. The number of hydrogen-bond donors (Lipinski definition) is 1. The fourth-order valence-electron chi connectivity index (χ4n) is 2.91. The number of amides is 2. The summed E-state index contributed by atoms with van der Waals surface area (Å²) >= 11 is 6.10. The van der Waals surface area contributed by atoms with Crippen molar-refractivity contribution in [1.82, 2.24) is 10.2 Å². The molecule has 1 aromatic carbocycles. The fourth-order valence-corrected chi connectivity index (χ4v) is 3.12. The summed E-state index contributed by atoms with van der Waals surface area (Å²) in [6.45, 7) is 1.49. The number of halogens is 1. The van der Waals surface area contributed by atoms with E-state index in [4.69, 9.17) is 16.0 Å². The molecule has 1 saturated heterocycles. The predicted molar refractivity (Wildman–Crippen MR) is 90.6 cm³/mol. The molecule has 0 aliphatic carbocycles. The minimum absolute atomic E-state index is 0.0420. The normalized spacial score (nSPS) is 17.5. The maximum atomic E-state index is 12.4. The molecule has 2 heterocycles. The molecule has 3 rings (SSSR count). The minimum Gasteiger partial charge on any atom is -0.472 e. The zero-order valence-electron chi connectivity index (χ0n) is 13.2. The Morgan fingerprint density at radius 3 is 2.88 bits per heavy atom. The first-order chi connectivity index (χ1) is 11.6. The molecule has 6 heteroatoms. The number of benzene rings is 1. The quantitative estimate of drug-likeness (QED) is 0.925. The Balaban J connectivity index is 1.57. The number of nitrogens with one attached hydrogen (secondary N) is 1. The van der Waals surface area contributed by atoms with E-state index in [1.54, 1.807) is 17.0 Å². The number of likely N-dealkylation sites (tertiary alicyclic amines) is 1. The van der Waals surface area contributed by atoms with Gasteiger partial charge in [0.15, 0.2) is 0 Å². The van der Waals surface area contributed by atoms with Crippen LogP contribution in [-0.4, -0.2) is 29.8 Å². The molecule has 0 spiro atoms. The molecule has 5 nitrogen and oxygen atoms in total. The van der Waals surface area contributed by atoms with E-state index in [0.29, 0.717) is 30.2 Å². The molecule has 1 fully saturated rings. The number of piperidine rings is 1. The SMILES string of the molecule is O=C(NCc1ccccc1Cl)C1CCCN(C(=O)c2ccoc2)C1. The van der Waals surface area contributed by atoms with Gasteiger partial charge in [-0.25, -0.2) is 0 Å². The summed E-state index contributed by atoms with van der Waals surface area (Å²) in [6, 6.07) is 9.07. The molecule has 1 aromatic heterocycles. The van der Waals surface area contributed by atoms with E-state index in [1.165, 1.54) is 12.5 Å². The zero-order chi connectivity index (χ0) is 16.9. The maximum absolute atomic E-state index is 12.4. The van der Waals surface area contributed by atoms with Crippen LogP contribution in [0.25, 0.3) is 0 Å². The minimum atomic E-state index is -0.197. The molecule has 2 aromatic rings. The van der Waals surface area contributed by atoms with Gasteiger partial charge in [-0.05, 0) is 30.5 Å². The van der Waals surface area contributed by atoms with Crippen molar-refractivity contribution < 1.29 is 14.0 Å². The van der Waals surface area contributed by atoms with Gasteiger partial charge >= 0.3 is 0 Å². The molecule has 0 radical (unpaired) electrons. The van der Waals surface area contributed by atoms with Gasteiger partial charge in [0.1, 0.15) is 6.26 Å². The van der Waals surface area contributed by atoms with Gasteiger partial charge in [0.25, 0.3) is 5.91 Å². The van der Waals surface area contributed by atoms with E-state index in [1.807, 2.05) is 18.2 Å². The number of hydrogen-bond acceptors (Lipinski definition) is 3. The number of carbonyl (C=O) groups excluding carboxylic acids is 2. The maximum Gasteiger partial charge on any atom is 0.257 e. The van der Waals surface area contributed by atoms with E-state index in [-0.39, 0.29) is 17.7 Å². The van der Waals surface area contributed by atoms with Crippen LogP contribution in [0, 0.1) is 5.92 Å². The molecule has 1 N–H and O–H groups in total. The first kappa shape index (κ1) is 16.6. The highest BCUT2D eigenvalue weighted by Crippen LogP contribution is 2.20. The van der Waals surface area contributed by atoms with E-state index in [0.717, 1.165) is 18.4 Å². The number of nitrogens with zero attached hydrogens (tertiary/aromatic N) is 1. The summed E-state index contributed by atoms with van der Waals surface area (Å²) in [5.41, 5.74) is 1.40. The second kappa shape index (κ2) is 7.53. The van der Waals surface area contributed by atoms with E-state index in [9.17, 15) is 9.59 Å². The van der Waals surface area contributed by atoms with Crippen molar-refractivity contribution in [2.45, 2.75) is 19.4 Å². The van der Waals surface area contributed by atoms with Crippen molar-refractivity contribution in [3.63, 3.8) is 0 Å². The Kier molecular flexibility index (Phi) is 5.20. The Labute approximate surface area is 145 Å². The smallest absolute Gasteiger partial charge is 0.257 e. The van der Waals surface area contributed by atoms with Crippen molar-refractivity contribution in [3.8, 4) is 0 Å². The first-order valence-corrected chi connectivity index (χ1v) is 8.35. The fraction of sp³-hybridized carbons (Fsp3) is 0.333. The van der Waals surface area contributed by atoms with E-state index in [2.05, 4.69) is 5.32 Å². The van der Waals surface area contributed by atoms with Gasteiger partial charge in [0, 0.05) is 24.7 Å². The van der Waals surface area contributed by atoms with Crippen molar-refractivity contribution in [2.75, 3.05) is 13.1 Å². The number of furan rings is 1. The van der Waals surface area contributed by atoms with Crippen LogP contribution in [0.5, 0.6) is 0 Å². The molecule has 2 amide bonds. The van der Waals surface area contributed by atoms with Gasteiger partial charge in [0.05, 0.1) is 17.7 Å². The third kappa shape index (κ3) is 3.79. The van der Waals surface area contributed by atoms with Gasteiger partial charge in [0.2, 0.25) is 5.91 Å². The summed E-state index contributed by atoms with van der Waals surface area (Å²) in [7, 11) is 0. The van der Waals surface area contributed by atoms with Crippen molar-refractivity contribution in [2.24, 2.45) is 5.92 Å². The van der Waals surface area contributed by atoms with Gasteiger partial charge in [-0.1, -0.05) is 29.8 Å². The Morgan fingerprint density at radius 2 is 2.12 bits per heavy atom. The summed E-state index contributed by atoms with van der Waals surface area (Å²) in [4.78, 5) is 26.5. The Morgan fingerprint density at radius 1 is 1.29 bits per heavy atom. The Bertz CT molecular complexity index is 715. The van der Waals surface area contributed by atoms with Gasteiger partial charge in [-0.3, -0.25) is 9.59 Å². The van der Waals surface area contributed by atoms with Crippen LogP contribution in [0.2, 0.25) is 5.02 Å². The van der Waals surface area contributed by atoms with Crippen LogP contribution in [-0.2, 0) is 11.3 Å². The van der Waals surface area contributed by atoms with E-state index >= 15 is 0 Å². The molecule has 0 saturated carbocycles. The average molecular weight is 347 g/mol. The second-order valence-corrected chi connectivity index (χ2v) is 6.32. The van der Waals surface area contributed by atoms with Crippen LogP contribution in [0.3, 0.4) is 0 Å². The molecule has 24 heavy (non-hydrogen) atoms. The number of carbonyl (C=O) groups is 2. The molecule has 1 atom stereocenters. The lowest BCUT2D eigenvalue weighted by molar-refractivity contribution is -0.126. The van der Waals surface area contributed by atoms with Crippen LogP contribution in [0.1, 0.15) is 28.8 Å². The topological polar surface area (TPSA) is 62.6 Å². The highest BCUT2D eigenvalue weighted by atomic mass is 35.5. The van der Waals surface area contributed by atoms with Crippen LogP contribution in [0.15, 0.2) is 47.3 Å². The van der Waals surface area contributed by atoms with Crippen LogP contribution < -0.4 is 5.32 Å². The van der Waals surface area contributed by atoms with Gasteiger partial charge in [-0.15, -0.1) is 0 Å². The van der Waals surface area contributed by atoms with Gasteiger partial charge < -0.3 is 14.6 Å². The molecular formula is C18H19ClN2O3. The predicted octanol–water partition coefficient (Wildman–Crippen LogP) is 3.10. The summed E-state index contributed by atoms with van der Waals surface area (Å²) in [5.74, 6) is -0.330. The highest BCUT2D eigenvalue weighted by molar-refractivity contribution is 6.31. The molecule has 126 valence electrons. The van der Waals surface area contributed by atoms with Crippen LogP contribution in [0.4, 0.5) is 0 Å². The zero-order valence-corrected chi connectivity index (χ0v) is 14.0. The molecule has 1 aliphatic rings. The highest BCUT2D eigenvalue weighted by Gasteiger charge is 2.29. The summed E-state index contributed by atoms with van der Waals surface area (Å²) in [5, 5.41) is 3.56. The number of rotatable bonds is 4. The standard InChI is InChI=1S/C18H19ClN2O3/c19-16-6-2-1-4-13(16)10-20-17(22)14-5-3-8-21(11-14)18(23)15-7-9-24-12-15/h1-2,4,6-7,9,12,14H,3,5,8,10-11H2,(H,20,22). The largest absolute Gasteiger partial charge is 0.472 e. The second-order valence-electron chi connectivity index (χ2n) is 5.91. The van der Waals surface area contributed by atoms with Crippen molar-refractivity contribution in [3.05, 3.63) is 59.0 Å². The molecule has 0 bridgehead atoms. The van der Waals surface area contributed by atoms with Gasteiger partial charge in [-0.2, -0.15) is 0 Å². The molecule has 1 unspecified atom stereocenters. The van der Waals surface area contributed by atoms with E-state index < -0.39 is 0 Å². The molecule has 1 aliphatic heterocycles. The third-order valence-corrected chi connectivity index (χ3v) is 4.63. The lowest BCUT2D eigenvalue weighted by Gasteiger charge is -2.31. The lowest BCUT2D eigenvalue weighted by Crippen LogP contribution is -2.45. The summed E-state index contributed by atoms with van der Waals surface area (Å²) < 4.78 is 4.96. The first-order valence-electron chi connectivity index (χ1n) is 7.98. The van der Waals surface area contributed by atoms with Crippen LogP contribution >= 0.6 is 11.6 Å². The third-order valence-electron chi connectivity index (χ3n) is 4.26. The van der Waals surface area contributed by atoms with Crippen molar-refractivity contribution >= 4 is 23.4 Å². The molecular weight excluding hydrogens is 328 g/mol. The summed E-state index contributed by atoms with van der Waals surface area (Å²) in [6.07, 6.45) is 4.51. The monoisotopic (exact) mass is 346 g/mol. The average Bonchev–Trinajstić information content (AvgIpc) is 3.15. The lowest BCUT2D eigenvalue weighted by atomic mass is 9.96.